The maximum Gasteiger partial charge on any atom is 0.246 e. The van der Waals surface area contributed by atoms with Crippen molar-refractivity contribution in [2.75, 3.05) is 31.8 Å². The smallest absolute Gasteiger partial charge is 0.246 e. The van der Waals surface area contributed by atoms with E-state index in [1.54, 1.807) is 12.1 Å². The number of nitrogens with zero attached hydrogens (tertiary/aromatic N) is 1. The van der Waals surface area contributed by atoms with Gasteiger partial charge in [0, 0.05) is 31.1 Å². The minimum atomic E-state index is -3.76. The predicted molar refractivity (Wildman–Crippen MR) is 112 cm³/mol. The Morgan fingerprint density at radius 3 is 2.66 bits per heavy atom. The van der Waals surface area contributed by atoms with Crippen molar-refractivity contribution in [1.82, 2.24) is 4.31 Å². The summed E-state index contributed by atoms with van der Waals surface area (Å²) in [5.74, 6) is -0.458. The van der Waals surface area contributed by atoms with E-state index in [0.29, 0.717) is 5.69 Å². The molecule has 154 valence electrons. The van der Waals surface area contributed by atoms with Crippen molar-refractivity contribution in [3.05, 3.63) is 42.5 Å². The van der Waals surface area contributed by atoms with E-state index in [1.165, 1.54) is 45.1 Å². The predicted octanol–water partition coefficient (Wildman–Crippen LogP) is 2.39. The highest BCUT2D eigenvalue weighted by Gasteiger charge is 2.29. The first-order chi connectivity index (χ1) is 13.7. The number of amides is 2. The largest absolute Gasteiger partial charge is 0.495 e. The molecule has 10 heteroatoms. The Morgan fingerprint density at radius 1 is 1.24 bits per heavy atom. The van der Waals surface area contributed by atoms with E-state index in [0.717, 1.165) is 14.9 Å². The maximum absolute atomic E-state index is 12.5. The first kappa shape index (κ1) is 21.2. The number of carbonyl (C=O) groups excluding carboxylic acids is 2. The second-order valence-electron chi connectivity index (χ2n) is 6.50. The van der Waals surface area contributed by atoms with E-state index < -0.39 is 21.2 Å². The Kier molecular flexibility index (Phi) is 6.15. The molecule has 2 aromatic rings. The molecular weight excluding hydrogens is 414 g/mol. The number of thioether (sulfide) groups is 1. The molecule has 0 saturated carbocycles. The number of carbonyl (C=O) groups is 2. The zero-order valence-electron chi connectivity index (χ0n) is 16.1. The molecule has 0 fully saturated rings. The summed E-state index contributed by atoms with van der Waals surface area (Å²) in [5, 5.41) is 4.88. The maximum atomic E-state index is 12.5. The molecule has 1 aliphatic rings. The first-order valence-corrected chi connectivity index (χ1v) is 11.0. The Balaban J connectivity index is 1.75. The van der Waals surface area contributed by atoms with Crippen LogP contribution in [0.4, 0.5) is 11.4 Å². The third-order valence-corrected chi connectivity index (χ3v) is 7.39. The standard InChI is InChI=1S/C19H21N3O5S2/c1-22(2)29(25,26)17-10-12(8-9-14(17)27-3)20-18(23)11-16-19(24)21-13-6-4-5-7-15(13)28-16/h4-10,16H,11H2,1-3H3,(H,20,23)(H,21,24)/t16-/m0/s1. The van der Waals surface area contributed by atoms with Gasteiger partial charge in [-0.25, -0.2) is 12.7 Å². The van der Waals surface area contributed by atoms with Crippen LogP contribution in [0, 0.1) is 0 Å². The van der Waals surface area contributed by atoms with Gasteiger partial charge in [0.2, 0.25) is 21.8 Å². The summed E-state index contributed by atoms with van der Waals surface area (Å²) in [4.78, 5) is 25.6. The summed E-state index contributed by atoms with van der Waals surface area (Å²) in [6.45, 7) is 0. The minimum absolute atomic E-state index is 0.0490. The Bertz CT molecular complexity index is 1050. The van der Waals surface area contributed by atoms with E-state index in [2.05, 4.69) is 10.6 Å². The summed E-state index contributed by atoms with van der Waals surface area (Å²) < 4.78 is 31.2. The van der Waals surface area contributed by atoms with E-state index >= 15 is 0 Å². The van der Waals surface area contributed by atoms with Crippen LogP contribution in [0.15, 0.2) is 52.3 Å². The lowest BCUT2D eigenvalue weighted by atomic mass is 10.2. The van der Waals surface area contributed by atoms with Crippen LogP contribution in [-0.4, -0.2) is 51.0 Å². The minimum Gasteiger partial charge on any atom is -0.495 e. The van der Waals surface area contributed by atoms with Gasteiger partial charge >= 0.3 is 0 Å². The summed E-state index contributed by atoms with van der Waals surface area (Å²) in [6, 6.07) is 11.8. The fourth-order valence-corrected chi connectivity index (χ4v) is 4.95. The molecule has 1 aliphatic heterocycles. The third-order valence-electron chi connectivity index (χ3n) is 4.28. The molecule has 0 aliphatic carbocycles. The first-order valence-electron chi connectivity index (χ1n) is 8.69. The van der Waals surface area contributed by atoms with Gasteiger partial charge in [-0.2, -0.15) is 0 Å². The molecule has 0 saturated heterocycles. The lowest BCUT2D eigenvalue weighted by Gasteiger charge is -2.23. The summed E-state index contributed by atoms with van der Waals surface area (Å²) in [6.07, 6.45) is -0.0490. The van der Waals surface area contributed by atoms with Gasteiger partial charge in [-0.15, -0.1) is 11.8 Å². The molecule has 0 radical (unpaired) electrons. The number of methoxy groups -OCH3 is 1. The number of nitrogens with one attached hydrogen (secondary N) is 2. The van der Waals surface area contributed by atoms with Crippen molar-refractivity contribution in [1.29, 1.82) is 0 Å². The quantitative estimate of drug-likeness (QED) is 0.722. The fraction of sp³-hybridized carbons (Fsp3) is 0.263. The van der Waals surface area contributed by atoms with Crippen molar-refractivity contribution in [2.45, 2.75) is 21.5 Å². The SMILES string of the molecule is COc1ccc(NC(=O)C[C@@H]2Sc3ccccc3NC2=O)cc1S(=O)(=O)N(C)C. The van der Waals surface area contributed by atoms with Crippen molar-refractivity contribution in [3.8, 4) is 5.75 Å². The van der Waals surface area contributed by atoms with E-state index in [9.17, 15) is 18.0 Å². The average Bonchev–Trinajstić information content (AvgIpc) is 2.68. The zero-order valence-corrected chi connectivity index (χ0v) is 17.8. The molecular formula is C19H21N3O5S2. The number of fused-ring (bicyclic) bond motifs is 1. The monoisotopic (exact) mass is 435 g/mol. The normalized spacial score (nSPS) is 16.1. The van der Waals surface area contributed by atoms with Crippen LogP contribution in [0.25, 0.3) is 0 Å². The van der Waals surface area contributed by atoms with Crippen LogP contribution < -0.4 is 15.4 Å². The van der Waals surface area contributed by atoms with E-state index in [4.69, 9.17) is 4.74 Å². The Morgan fingerprint density at radius 2 is 1.97 bits per heavy atom. The lowest BCUT2D eigenvalue weighted by molar-refractivity contribution is -0.120. The summed E-state index contributed by atoms with van der Waals surface area (Å²) in [7, 11) is 0.442. The van der Waals surface area contributed by atoms with Gasteiger partial charge in [-0.05, 0) is 30.3 Å². The molecule has 0 aromatic heterocycles. The second-order valence-corrected chi connectivity index (χ2v) is 9.86. The average molecular weight is 436 g/mol. The molecule has 2 aromatic carbocycles. The molecule has 2 amide bonds. The number of anilines is 2. The van der Waals surface area contributed by atoms with Crippen molar-refractivity contribution >= 4 is 45.0 Å². The van der Waals surface area contributed by atoms with E-state index in [1.807, 2.05) is 18.2 Å². The molecule has 3 rings (SSSR count). The summed E-state index contributed by atoms with van der Waals surface area (Å²) >= 11 is 1.33. The van der Waals surface area contributed by atoms with Crippen LogP contribution >= 0.6 is 11.8 Å². The molecule has 2 N–H and O–H groups in total. The van der Waals surface area contributed by atoms with Gasteiger partial charge in [0.15, 0.2) is 0 Å². The van der Waals surface area contributed by atoms with Gasteiger partial charge in [-0.3, -0.25) is 9.59 Å². The van der Waals surface area contributed by atoms with Crippen LogP contribution in [0.3, 0.4) is 0 Å². The molecule has 29 heavy (non-hydrogen) atoms. The van der Waals surface area contributed by atoms with Crippen LogP contribution in [-0.2, 0) is 19.6 Å². The van der Waals surface area contributed by atoms with Gasteiger partial charge in [0.1, 0.15) is 10.6 Å². The molecule has 0 spiro atoms. The number of para-hydroxylation sites is 1. The highest BCUT2D eigenvalue weighted by atomic mass is 32.2. The number of hydrogen-bond donors (Lipinski definition) is 2. The third kappa shape index (κ3) is 4.55. The Hall–Kier alpha value is -2.56. The number of ether oxygens (including phenoxy) is 1. The number of hydrogen-bond acceptors (Lipinski definition) is 6. The number of rotatable bonds is 6. The topological polar surface area (TPSA) is 105 Å². The van der Waals surface area contributed by atoms with Crippen molar-refractivity contribution in [3.63, 3.8) is 0 Å². The lowest BCUT2D eigenvalue weighted by Crippen LogP contribution is -2.32. The molecule has 8 nitrogen and oxygen atoms in total. The summed E-state index contributed by atoms with van der Waals surface area (Å²) in [5.41, 5.74) is 1.03. The highest BCUT2D eigenvalue weighted by molar-refractivity contribution is 8.01. The molecule has 0 bridgehead atoms. The van der Waals surface area contributed by atoms with Crippen LogP contribution in [0.2, 0.25) is 0 Å². The molecule has 0 unspecified atom stereocenters. The molecule has 1 atom stereocenters. The molecule has 1 heterocycles. The van der Waals surface area contributed by atoms with Gasteiger partial charge in [-0.1, -0.05) is 12.1 Å². The second kappa shape index (κ2) is 8.44. The number of benzene rings is 2. The highest BCUT2D eigenvalue weighted by Crippen LogP contribution is 2.37. The van der Waals surface area contributed by atoms with Gasteiger partial charge < -0.3 is 15.4 Å². The van der Waals surface area contributed by atoms with Crippen molar-refractivity contribution in [2.24, 2.45) is 0 Å². The van der Waals surface area contributed by atoms with Crippen molar-refractivity contribution < 1.29 is 22.7 Å². The Labute approximate surface area is 173 Å². The van der Waals surface area contributed by atoms with Crippen LogP contribution in [0.5, 0.6) is 5.75 Å². The number of sulfonamides is 1. The van der Waals surface area contributed by atoms with Gasteiger partial charge in [0.05, 0.1) is 18.0 Å². The van der Waals surface area contributed by atoms with Crippen LogP contribution in [0.1, 0.15) is 6.42 Å². The van der Waals surface area contributed by atoms with Gasteiger partial charge in [0.25, 0.3) is 0 Å². The van der Waals surface area contributed by atoms with E-state index in [-0.39, 0.29) is 23.0 Å². The zero-order chi connectivity index (χ0) is 21.2. The fourth-order valence-electron chi connectivity index (χ4n) is 2.76.